The van der Waals surface area contributed by atoms with Gasteiger partial charge in [0.15, 0.2) is 6.61 Å². The van der Waals surface area contributed by atoms with E-state index < -0.39 is 43.3 Å². The van der Waals surface area contributed by atoms with Crippen molar-refractivity contribution in [2.24, 2.45) is 5.92 Å². The molecule has 1 saturated heterocycles. The topological polar surface area (TPSA) is 91.8 Å². The van der Waals surface area contributed by atoms with Crippen molar-refractivity contribution in [2.75, 3.05) is 25.0 Å². The highest BCUT2D eigenvalue weighted by molar-refractivity contribution is 5.95. The van der Waals surface area contributed by atoms with E-state index >= 15 is 0 Å². The maximum atomic E-state index is 13.2. The Kier molecular flexibility index (Phi) is 10.1. The molecule has 2 heterocycles. The van der Waals surface area contributed by atoms with Crippen molar-refractivity contribution in [3.8, 4) is 17.0 Å². The first-order valence-electron chi connectivity index (χ1n) is 13.9. The number of ether oxygens (including phenoxy) is 1. The number of amides is 1. The summed E-state index contributed by atoms with van der Waals surface area (Å²) in [5.74, 6) is -2.06. The van der Waals surface area contributed by atoms with E-state index in [4.69, 9.17) is 0 Å². The van der Waals surface area contributed by atoms with E-state index in [1.165, 1.54) is 17.2 Å². The molecule has 2 aromatic carbocycles. The van der Waals surface area contributed by atoms with Crippen LogP contribution in [-0.4, -0.2) is 58.9 Å². The predicted molar refractivity (Wildman–Crippen MR) is 150 cm³/mol. The number of anilines is 1. The number of likely N-dealkylation sites (tertiary alicyclic amines) is 1. The third kappa shape index (κ3) is 9.10. The number of aliphatic carboxylic acids is 1. The third-order valence-corrected chi connectivity index (χ3v) is 7.35. The van der Waals surface area contributed by atoms with Gasteiger partial charge < -0.3 is 20.1 Å². The van der Waals surface area contributed by atoms with E-state index in [1.807, 2.05) is 0 Å². The summed E-state index contributed by atoms with van der Waals surface area (Å²) < 4.78 is 81.5. The van der Waals surface area contributed by atoms with Crippen LogP contribution >= 0.6 is 0 Å². The molecule has 0 saturated carbocycles. The van der Waals surface area contributed by atoms with E-state index in [2.05, 4.69) is 15.0 Å². The second kappa shape index (κ2) is 13.6. The molecule has 7 nitrogen and oxygen atoms in total. The molecular weight excluding hydrogens is 592 g/mol. The van der Waals surface area contributed by atoms with Crippen LogP contribution in [0, 0.1) is 12.8 Å². The molecule has 13 heteroatoms. The zero-order valence-corrected chi connectivity index (χ0v) is 23.7. The summed E-state index contributed by atoms with van der Waals surface area (Å²) in [6.45, 7) is 0.850. The highest BCUT2D eigenvalue weighted by Gasteiger charge is 2.31. The van der Waals surface area contributed by atoms with Gasteiger partial charge in [0.25, 0.3) is 5.91 Å². The number of pyridine rings is 1. The van der Waals surface area contributed by atoms with Crippen molar-refractivity contribution < 1.29 is 45.8 Å². The highest BCUT2D eigenvalue weighted by Crippen LogP contribution is 2.34. The van der Waals surface area contributed by atoms with E-state index in [1.54, 1.807) is 55.5 Å². The van der Waals surface area contributed by atoms with Gasteiger partial charge in [-0.25, -0.2) is 4.98 Å². The number of carboxylic acid groups (broad SMARTS) is 1. The number of carbonyl (C=O) groups is 2. The number of aryl methyl sites for hydroxylation is 1. The van der Waals surface area contributed by atoms with Crippen LogP contribution in [0.4, 0.5) is 32.0 Å². The van der Waals surface area contributed by atoms with Crippen LogP contribution in [0.3, 0.4) is 0 Å². The second-order valence-corrected chi connectivity index (χ2v) is 10.7. The summed E-state index contributed by atoms with van der Waals surface area (Å²) >= 11 is 0. The summed E-state index contributed by atoms with van der Waals surface area (Å²) in [6.07, 6.45) is -7.73. The highest BCUT2D eigenvalue weighted by atomic mass is 19.4. The fourth-order valence-electron chi connectivity index (χ4n) is 5.11. The standard InChI is InChI=1S/C31H31F6N3O4/c1-19-15-21(22-7-11-27(38-16-22)44-18-31(35,36)37)6-10-25(19)26(12-13-30(32,33)34)39-24-8-4-20(5-9-24)28(41)40-14-2-3-23(17-40)29(42)43/h4-11,15-16,23,26,39H,2-3,12-14,17-18H2,1H3,(H,42,43)/t23-,26?/m1/s1. The third-order valence-electron chi connectivity index (χ3n) is 7.35. The first kappa shape index (κ1) is 32.6. The molecule has 0 radical (unpaired) electrons. The lowest BCUT2D eigenvalue weighted by atomic mass is 9.93. The van der Waals surface area contributed by atoms with Crippen LogP contribution in [0.15, 0.2) is 60.8 Å². The Morgan fingerprint density at radius 1 is 1.02 bits per heavy atom. The Balaban J connectivity index is 1.49. The normalized spacial score (nSPS) is 16.3. The van der Waals surface area contributed by atoms with Gasteiger partial charge in [-0.1, -0.05) is 18.2 Å². The van der Waals surface area contributed by atoms with Crippen LogP contribution < -0.4 is 10.1 Å². The molecule has 1 unspecified atom stereocenters. The molecule has 0 spiro atoms. The Morgan fingerprint density at radius 2 is 1.73 bits per heavy atom. The van der Waals surface area contributed by atoms with Crippen molar-refractivity contribution in [2.45, 2.75) is 51.0 Å². The molecule has 0 aliphatic carbocycles. The minimum absolute atomic E-state index is 0.120. The molecule has 1 amide bonds. The Bertz CT molecular complexity index is 1440. The average Bonchev–Trinajstić information content (AvgIpc) is 2.98. The molecule has 2 atom stereocenters. The van der Waals surface area contributed by atoms with Gasteiger partial charge >= 0.3 is 18.3 Å². The molecular formula is C31H31F6N3O4. The number of nitrogens with zero attached hydrogens (tertiary/aromatic N) is 2. The molecule has 1 fully saturated rings. The minimum Gasteiger partial charge on any atom is -0.481 e. The van der Waals surface area contributed by atoms with Gasteiger partial charge in [-0.05, 0) is 73.2 Å². The van der Waals surface area contributed by atoms with Gasteiger partial charge in [-0.15, -0.1) is 0 Å². The summed E-state index contributed by atoms with van der Waals surface area (Å²) in [7, 11) is 0. The molecule has 2 N–H and O–H groups in total. The van der Waals surface area contributed by atoms with Gasteiger partial charge in [0, 0.05) is 48.6 Å². The molecule has 44 heavy (non-hydrogen) atoms. The molecule has 1 aromatic heterocycles. The first-order chi connectivity index (χ1) is 20.7. The van der Waals surface area contributed by atoms with Crippen molar-refractivity contribution in [3.05, 3.63) is 77.5 Å². The molecule has 0 bridgehead atoms. The Hall–Kier alpha value is -4.29. The fraction of sp³-hybridized carbons (Fsp3) is 0.387. The lowest BCUT2D eigenvalue weighted by Gasteiger charge is -2.30. The largest absolute Gasteiger partial charge is 0.481 e. The molecule has 1 aliphatic heterocycles. The number of hydrogen-bond acceptors (Lipinski definition) is 5. The van der Waals surface area contributed by atoms with Crippen LogP contribution in [0.25, 0.3) is 11.1 Å². The smallest absolute Gasteiger partial charge is 0.422 e. The number of aromatic nitrogens is 1. The van der Waals surface area contributed by atoms with Crippen molar-refractivity contribution in [1.29, 1.82) is 0 Å². The van der Waals surface area contributed by atoms with Gasteiger partial charge in [0.2, 0.25) is 5.88 Å². The van der Waals surface area contributed by atoms with Crippen molar-refractivity contribution in [3.63, 3.8) is 0 Å². The number of carbonyl (C=O) groups excluding carboxylic acids is 1. The number of benzene rings is 2. The number of piperidine rings is 1. The predicted octanol–water partition coefficient (Wildman–Crippen LogP) is 7.43. The van der Waals surface area contributed by atoms with E-state index in [-0.39, 0.29) is 24.8 Å². The fourth-order valence-corrected chi connectivity index (χ4v) is 5.11. The lowest BCUT2D eigenvalue weighted by Crippen LogP contribution is -2.42. The van der Waals surface area contributed by atoms with Crippen molar-refractivity contribution >= 4 is 17.6 Å². The first-order valence-corrected chi connectivity index (χ1v) is 13.9. The summed E-state index contributed by atoms with van der Waals surface area (Å²) in [5.41, 5.74) is 3.40. The molecule has 3 aromatic rings. The summed E-state index contributed by atoms with van der Waals surface area (Å²) in [4.78, 5) is 29.7. The zero-order valence-electron chi connectivity index (χ0n) is 23.7. The minimum atomic E-state index is -4.50. The number of nitrogens with one attached hydrogen (secondary N) is 1. The van der Waals surface area contributed by atoms with Crippen LogP contribution in [0.2, 0.25) is 0 Å². The van der Waals surface area contributed by atoms with E-state index in [9.17, 15) is 41.0 Å². The summed E-state index contributed by atoms with van der Waals surface area (Å²) in [5, 5.41) is 12.5. The number of hydrogen-bond donors (Lipinski definition) is 2. The Labute approximate surface area is 249 Å². The quantitative estimate of drug-likeness (QED) is 0.228. The van der Waals surface area contributed by atoms with Crippen LogP contribution in [0.1, 0.15) is 53.2 Å². The van der Waals surface area contributed by atoms with Gasteiger partial charge in [-0.2, -0.15) is 26.3 Å². The van der Waals surface area contributed by atoms with Crippen molar-refractivity contribution in [1.82, 2.24) is 9.88 Å². The number of alkyl halides is 6. The lowest BCUT2D eigenvalue weighted by molar-refractivity contribution is -0.154. The maximum absolute atomic E-state index is 13.2. The van der Waals surface area contributed by atoms with Crippen LogP contribution in [-0.2, 0) is 4.79 Å². The monoisotopic (exact) mass is 623 g/mol. The molecule has 1 aliphatic rings. The van der Waals surface area contributed by atoms with E-state index in [0.717, 1.165) is 0 Å². The van der Waals surface area contributed by atoms with Crippen LogP contribution in [0.5, 0.6) is 5.88 Å². The maximum Gasteiger partial charge on any atom is 0.422 e. The second-order valence-electron chi connectivity index (χ2n) is 10.7. The van der Waals surface area contributed by atoms with Gasteiger partial charge in [-0.3, -0.25) is 9.59 Å². The SMILES string of the molecule is Cc1cc(-c2ccc(OCC(F)(F)F)nc2)ccc1C(CCC(F)(F)F)Nc1ccc(C(=O)N2CCC[C@@H](C(=O)O)C2)cc1. The van der Waals surface area contributed by atoms with Gasteiger partial charge in [0.05, 0.1) is 12.0 Å². The summed E-state index contributed by atoms with van der Waals surface area (Å²) in [6, 6.07) is 13.6. The number of carboxylic acids is 1. The molecule has 4 rings (SSSR count). The van der Waals surface area contributed by atoms with Gasteiger partial charge in [0.1, 0.15) is 0 Å². The Morgan fingerprint density at radius 3 is 2.32 bits per heavy atom. The zero-order chi connectivity index (χ0) is 32.1. The van der Waals surface area contributed by atoms with E-state index in [0.29, 0.717) is 52.9 Å². The average molecular weight is 624 g/mol. The molecule has 236 valence electrons. The number of halogens is 6. The number of rotatable bonds is 10.